The van der Waals surface area contributed by atoms with Crippen molar-refractivity contribution >= 4 is 21.6 Å². The molecule has 0 amide bonds. The van der Waals surface area contributed by atoms with Crippen molar-refractivity contribution < 1.29 is 17.9 Å². The Hall–Kier alpha value is -0.690. The fraction of sp³-hybridized carbons (Fsp3) is 0.500. The summed E-state index contributed by atoms with van der Waals surface area (Å²) in [5.41, 5.74) is -0.975. The van der Waals surface area contributed by atoms with E-state index in [9.17, 15) is 17.9 Å². The Morgan fingerprint density at radius 1 is 1.37 bits per heavy atom. The Bertz CT molecular complexity index is 570. The average molecular weight is 308 g/mol. The molecule has 0 saturated heterocycles. The summed E-state index contributed by atoms with van der Waals surface area (Å²) in [6, 6.07) is 3.20. The minimum absolute atomic E-state index is 0.0374. The number of hydrogen-bond acceptors (Lipinski definition) is 3. The molecular formula is C12H15ClFNO3S. The van der Waals surface area contributed by atoms with Crippen LogP contribution in [0.4, 0.5) is 4.39 Å². The van der Waals surface area contributed by atoms with Crippen molar-refractivity contribution in [1.29, 1.82) is 0 Å². The van der Waals surface area contributed by atoms with Gasteiger partial charge in [0.1, 0.15) is 5.82 Å². The molecule has 1 aliphatic carbocycles. The van der Waals surface area contributed by atoms with Crippen molar-refractivity contribution in [3.8, 4) is 0 Å². The van der Waals surface area contributed by atoms with Gasteiger partial charge in [-0.25, -0.2) is 17.5 Å². The lowest BCUT2D eigenvalue weighted by Gasteiger charge is -2.22. The molecule has 106 valence electrons. The molecule has 1 aromatic rings. The zero-order chi connectivity index (χ0) is 14.1. The SMILES string of the molecule is O=S(=O)(NCC1(O)CCCC1)c1ccc(F)c(Cl)c1. The van der Waals surface area contributed by atoms with E-state index in [2.05, 4.69) is 4.72 Å². The van der Waals surface area contributed by atoms with Crippen molar-refractivity contribution in [3.63, 3.8) is 0 Å². The van der Waals surface area contributed by atoms with Crippen LogP contribution in [0, 0.1) is 5.82 Å². The summed E-state index contributed by atoms with van der Waals surface area (Å²) in [5, 5.41) is 9.84. The van der Waals surface area contributed by atoms with Gasteiger partial charge in [0.05, 0.1) is 15.5 Å². The zero-order valence-electron chi connectivity index (χ0n) is 10.2. The standard InChI is InChI=1S/C12H15ClFNO3S/c13-10-7-9(3-4-11(10)14)19(17,18)15-8-12(16)5-1-2-6-12/h3-4,7,15-16H,1-2,5-6,8H2. The molecule has 0 radical (unpaired) electrons. The van der Waals surface area contributed by atoms with Gasteiger partial charge < -0.3 is 5.11 Å². The second kappa shape index (κ2) is 5.36. The summed E-state index contributed by atoms with van der Waals surface area (Å²) in [5.74, 6) is -0.671. The summed E-state index contributed by atoms with van der Waals surface area (Å²) < 4.78 is 39.3. The van der Waals surface area contributed by atoms with Crippen LogP contribution in [0.2, 0.25) is 5.02 Å². The van der Waals surface area contributed by atoms with Crippen LogP contribution in [-0.4, -0.2) is 25.7 Å². The molecule has 4 nitrogen and oxygen atoms in total. The smallest absolute Gasteiger partial charge is 0.240 e. The van der Waals surface area contributed by atoms with Gasteiger partial charge in [0.2, 0.25) is 10.0 Å². The highest BCUT2D eigenvalue weighted by atomic mass is 35.5. The van der Waals surface area contributed by atoms with Crippen molar-refractivity contribution in [2.45, 2.75) is 36.2 Å². The Morgan fingerprint density at radius 3 is 2.58 bits per heavy atom. The van der Waals surface area contributed by atoms with Gasteiger partial charge in [0.25, 0.3) is 0 Å². The highest BCUT2D eigenvalue weighted by Gasteiger charge is 2.32. The second-order valence-corrected chi connectivity index (χ2v) is 7.01. The first kappa shape index (κ1) is 14.7. The molecule has 2 rings (SSSR count). The largest absolute Gasteiger partial charge is 0.389 e. The van der Waals surface area contributed by atoms with E-state index in [0.717, 1.165) is 31.0 Å². The molecule has 0 unspecified atom stereocenters. The first-order valence-corrected chi connectivity index (χ1v) is 7.86. The quantitative estimate of drug-likeness (QED) is 0.895. The Balaban J connectivity index is 2.11. The van der Waals surface area contributed by atoms with Gasteiger partial charge >= 0.3 is 0 Å². The Labute approximate surface area is 116 Å². The number of rotatable bonds is 4. The minimum atomic E-state index is -3.79. The van der Waals surface area contributed by atoms with E-state index in [0.29, 0.717) is 12.8 Å². The van der Waals surface area contributed by atoms with Gasteiger partial charge in [-0.05, 0) is 31.0 Å². The van der Waals surface area contributed by atoms with Gasteiger partial charge in [-0.15, -0.1) is 0 Å². The Morgan fingerprint density at radius 2 is 2.00 bits per heavy atom. The molecule has 1 saturated carbocycles. The maximum absolute atomic E-state index is 13.0. The number of aliphatic hydroxyl groups is 1. The van der Waals surface area contributed by atoms with Crippen molar-refractivity contribution in [2.24, 2.45) is 0 Å². The fourth-order valence-electron chi connectivity index (χ4n) is 2.17. The molecule has 7 heteroatoms. The van der Waals surface area contributed by atoms with Gasteiger partial charge in [0, 0.05) is 6.54 Å². The lowest BCUT2D eigenvalue weighted by molar-refractivity contribution is 0.0532. The highest BCUT2D eigenvalue weighted by Crippen LogP contribution is 2.29. The van der Waals surface area contributed by atoms with Crippen LogP contribution in [0.5, 0.6) is 0 Å². The summed E-state index contributed by atoms with van der Waals surface area (Å²) >= 11 is 5.56. The molecule has 0 aromatic heterocycles. The summed E-state index contributed by atoms with van der Waals surface area (Å²) in [7, 11) is -3.79. The maximum atomic E-state index is 13.0. The highest BCUT2D eigenvalue weighted by molar-refractivity contribution is 7.89. The number of halogens is 2. The number of hydrogen-bond donors (Lipinski definition) is 2. The third-order valence-electron chi connectivity index (χ3n) is 3.33. The molecule has 1 aromatic carbocycles. The molecular weight excluding hydrogens is 293 g/mol. The lowest BCUT2D eigenvalue weighted by atomic mass is 10.0. The minimum Gasteiger partial charge on any atom is -0.389 e. The van der Waals surface area contributed by atoms with Crippen LogP contribution < -0.4 is 4.72 Å². The summed E-state index contributed by atoms with van der Waals surface area (Å²) in [6.07, 6.45) is 2.95. The molecule has 1 fully saturated rings. The molecule has 0 heterocycles. The molecule has 2 N–H and O–H groups in total. The van der Waals surface area contributed by atoms with Crippen molar-refractivity contribution in [1.82, 2.24) is 4.72 Å². The third-order valence-corrected chi connectivity index (χ3v) is 5.02. The first-order valence-electron chi connectivity index (χ1n) is 6.00. The molecule has 0 spiro atoms. The van der Waals surface area contributed by atoms with E-state index in [1.807, 2.05) is 0 Å². The van der Waals surface area contributed by atoms with Gasteiger partial charge in [0.15, 0.2) is 0 Å². The van der Waals surface area contributed by atoms with Gasteiger partial charge in [-0.3, -0.25) is 0 Å². The van der Waals surface area contributed by atoms with Crippen LogP contribution in [0.25, 0.3) is 0 Å². The van der Waals surface area contributed by atoms with E-state index in [4.69, 9.17) is 11.6 Å². The number of nitrogens with one attached hydrogen (secondary N) is 1. The van der Waals surface area contributed by atoms with Crippen LogP contribution in [0.1, 0.15) is 25.7 Å². The van der Waals surface area contributed by atoms with Crippen LogP contribution in [0.3, 0.4) is 0 Å². The molecule has 0 aliphatic heterocycles. The zero-order valence-corrected chi connectivity index (χ0v) is 11.8. The molecule has 19 heavy (non-hydrogen) atoms. The van der Waals surface area contributed by atoms with Crippen LogP contribution in [-0.2, 0) is 10.0 Å². The predicted octanol–water partition coefficient (Wildman–Crippen LogP) is 2.06. The first-order chi connectivity index (χ1) is 8.82. The van der Waals surface area contributed by atoms with Crippen molar-refractivity contribution in [2.75, 3.05) is 6.54 Å². The Kier molecular flexibility index (Phi) is 4.15. The summed E-state index contributed by atoms with van der Waals surface area (Å²) in [4.78, 5) is -0.111. The number of benzene rings is 1. The second-order valence-electron chi connectivity index (χ2n) is 4.83. The normalized spacial score (nSPS) is 18.7. The molecule has 0 bridgehead atoms. The van der Waals surface area contributed by atoms with E-state index in [1.54, 1.807) is 0 Å². The van der Waals surface area contributed by atoms with E-state index >= 15 is 0 Å². The molecule has 1 aliphatic rings. The van der Waals surface area contributed by atoms with E-state index in [1.165, 1.54) is 0 Å². The summed E-state index contributed by atoms with van der Waals surface area (Å²) in [6.45, 7) is -0.0374. The predicted molar refractivity (Wildman–Crippen MR) is 70.0 cm³/mol. The van der Waals surface area contributed by atoms with Crippen LogP contribution in [0.15, 0.2) is 23.1 Å². The van der Waals surface area contributed by atoms with Crippen LogP contribution >= 0.6 is 11.6 Å². The van der Waals surface area contributed by atoms with E-state index in [-0.39, 0.29) is 16.5 Å². The monoisotopic (exact) mass is 307 g/mol. The van der Waals surface area contributed by atoms with Gasteiger partial charge in [-0.2, -0.15) is 0 Å². The van der Waals surface area contributed by atoms with E-state index < -0.39 is 21.4 Å². The van der Waals surface area contributed by atoms with Crippen molar-refractivity contribution in [3.05, 3.63) is 29.0 Å². The molecule has 0 atom stereocenters. The third kappa shape index (κ3) is 3.45. The fourth-order valence-corrected chi connectivity index (χ4v) is 3.56. The number of sulfonamides is 1. The lowest BCUT2D eigenvalue weighted by Crippen LogP contribution is -2.40. The average Bonchev–Trinajstić information content (AvgIpc) is 2.78. The maximum Gasteiger partial charge on any atom is 0.240 e. The topological polar surface area (TPSA) is 66.4 Å². The van der Waals surface area contributed by atoms with Gasteiger partial charge in [-0.1, -0.05) is 24.4 Å².